The van der Waals surface area contributed by atoms with Gasteiger partial charge in [-0.1, -0.05) is 6.92 Å². The molecule has 1 aliphatic rings. The average Bonchev–Trinajstić information content (AvgIpc) is 2.27. The quantitative estimate of drug-likeness (QED) is 0.739. The fourth-order valence-electron chi connectivity index (χ4n) is 1.80. The van der Waals surface area contributed by atoms with Crippen molar-refractivity contribution in [2.45, 2.75) is 38.6 Å². The summed E-state index contributed by atoms with van der Waals surface area (Å²) in [7, 11) is 1.99. The molecule has 1 saturated heterocycles. The third-order valence-electron chi connectivity index (χ3n) is 3.28. The molecule has 0 aromatic rings. The molecule has 15 heavy (non-hydrogen) atoms. The molecule has 0 aromatic heterocycles. The Kier molecular flexibility index (Phi) is 4.39. The first-order valence-electron chi connectivity index (χ1n) is 5.83. The first-order valence-corrected chi connectivity index (χ1v) is 5.83. The van der Waals surface area contributed by atoms with Crippen LogP contribution in [-0.4, -0.2) is 43.2 Å². The van der Waals surface area contributed by atoms with Crippen LogP contribution in [0.1, 0.15) is 33.1 Å². The number of urea groups is 1. The van der Waals surface area contributed by atoms with Crippen LogP contribution in [0.5, 0.6) is 0 Å². The standard InChI is InChI=1S/C11H23N3O/c1-4-7-13-10(15)14-8-5-11(2,12-3)6-9-14/h12H,4-9H2,1-3H3,(H,13,15). The topological polar surface area (TPSA) is 44.4 Å². The number of amides is 2. The molecule has 1 heterocycles. The number of rotatable bonds is 3. The summed E-state index contributed by atoms with van der Waals surface area (Å²) < 4.78 is 0. The van der Waals surface area contributed by atoms with E-state index in [9.17, 15) is 4.79 Å². The smallest absolute Gasteiger partial charge is 0.317 e. The van der Waals surface area contributed by atoms with Gasteiger partial charge in [-0.25, -0.2) is 4.79 Å². The lowest BCUT2D eigenvalue weighted by atomic mass is 9.90. The molecule has 0 bridgehead atoms. The molecule has 4 heteroatoms. The molecular formula is C11H23N3O. The van der Waals surface area contributed by atoms with E-state index in [1.54, 1.807) is 0 Å². The van der Waals surface area contributed by atoms with Crippen molar-refractivity contribution in [2.75, 3.05) is 26.7 Å². The number of nitrogens with zero attached hydrogens (tertiary/aromatic N) is 1. The number of carbonyl (C=O) groups is 1. The summed E-state index contributed by atoms with van der Waals surface area (Å²) in [5.74, 6) is 0. The fourth-order valence-corrected chi connectivity index (χ4v) is 1.80. The number of nitrogens with one attached hydrogen (secondary N) is 2. The van der Waals surface area contributed by atoms with Crippen molar-refractivity contribution in [1.29, 1.82) is 0 Å². The number of piperidine rings is 1. The van der Waals surface area contributed by atoms with E-state index in [0.29, 0.717) is 0 Å². The maximum Gasteiger partial charge on any atom is 0.317 e. The maximum atomic E-state index is 11.7. The first-order chi connectivity index (χ1) is 7.11. The Bertz CT molecular complexity index is 210. The zero-order valence-electron chi connectivity index (χ0n) is 10.1. The molecule has 0 radical (unpaired) electrons. The molecule has 1 rings (SSSR count). The predicted octanol–water partition coefficient (Wildman–Crippen LogP) is 1.18. The first kappa shape index (κ1) is 12.3. The van der Waals surface area contributed by atoms with Gasteiger partial charge in [-0.3, -0.25) is 0 Å². The van der Waals surface area contributed by atoms with Crippen molar-refractivity contribution in [3.8, 4) is 0 Å². The van der Waals surface area contributed by atoms with Crippen LogP contribution in [0.25, 0.3) is 0 Å². The number of likely N-dealkylation sites (tertiary alicyclic amines) is 1. The molecule has 4 nitrogen and oxygen atoms in total. The van der Waals surface area contributed by atoms with E-state index < -0.39 is 0 Å². The third-order valence-corrected chi connectivity index (χ3v) is 3.28. The van der Waals surface area contributed by atoms with Gasteiger partial charge in [0.1, 0.15) is 0 Å². The summed E-state index contributed by atoms with van der Waals surface area (Å²) in [6.07, 6.45) is 3.06. The van der Waals surface area contributed by atoms with Crippen LogP contribution in [0, 0.1) is 0 Å². The molecule has 88 valence electrons. The van der Waals surface area contributed by atoms with Crippen LogP contribution in [0.2, 0.25) is 0 Å². The minimum Gasteiger partial charge on any atom is -0.338 e. The molecule has 0 spiro atoms. The van der Waals surface area contributed by atoms with Crippen molar-refractivity contribution < 1.29 is 4.79 Å². The Morgan fingerprint density at radius 3 is 2.47 bits per heavy atom. The molecule has 0 unspecified atom stereocenters. The molecule has 0 aliphatic carbocycles. The summed E-state index contributed by atoms with van der Waals surface area (Å²) in [4.78, 5) is 13.6. The van der Waals surface area contributed by atoms with E-state index in [0.717, 1.165) is 38.9 Å². The second kappa shape index (κ2) is 5.35. The predicted molar refractivity (Wildman–Crippen MR) is 62.0 cm³/mol. The van der Waals surface area contributed by atoms with Crippen molar-refractivity contribution in [2.24, 2.45) is 0 Å². The highest BCUT2D eigenvalue weighted by Gasteiger charge is 2.29. The zero-order valence-corrected chi connectivity index (χ0v) is 10.1. The van der Waals surface area contributed by atoms with E-state index in [-0.39, 0.29) is 11.6 Å². The van der Waals surface area contributed by atoms with Gasteiger partial charge in [0.05, 0.1) is 0 Å². The summed E-state index contributed by atoms with van der Waals surface area (Å²) in [6.45, 7) is 6.77. The van der Waals surface area contributed by atoms with Gasteiger partial charge in [-0.15, -0.1) is 0 Å². The maximum absolute atomic E-state index is 11.7. The van der Waals surface area contributed by atoms with Crippen LogP contribution in [0.15, 0.2) is 0 Å². The van der Waals surface area contributed by atoms with E-state index in [1.165, 1.54) is 0 Å². The van der Waals surface area contributed by atoms with Crippen molar-refractivity contribution in [3.63, 3.8) is 0 Å². The van der Waals surface area contributed by atoms with E-state index >= 15 is 0 Å². The van der Waals surface area contributed by atoms with Crippen LogP contribution in [0.3, 0.4) is 0 Å². The molecule has 0 atom stereocenters. The van der Waals surface area contributed by atoms with Crippen LogP contribution < -0.4 is 10.6 Å². The number of hydrogen-bond acceptors (Lipinski definition) is 2. The molecule has 2 N–H and O–H groups in total. The second-order valence-electron chi connectivity index (χ2n) is 4.53. The van der Waals surface area contributed by atoms with Gasteiger partial charge in [0.15, 0.2) is 0 Å². The Hall–Kier alpha value is -0.770. The molecule has 0 saturated carbocycles. The number of carbonyl (C=O) groups excluding carboxylic acids is 1. The van der Waals surface area contributed by atoms with E-state index in [4.69, 9.17) is 0 Å². The Labute approximate surface area is 92.4 Å². The lowest BCUT2D eigenvalue weighted by Crippen LogP contribution is -2.53. The molecule has 1 aliphatic heterocycles. The van der Waals surface area contributed by atoms with Crippen LogP contribution in [0.4, 0.5) is 4.79 Å². The average molecular weight is 213 g/mol. The van der Waals surface area contributed by atoms with Gasteiger partial charge in [0, 0.05) is 25.2 Å². The summed E-state index contributed by atoms with van der Waals surface area (Å²) >= 11 is 0. The normalized spacial score (nSPS) is 20.1. The summed E-state index contributed by atoms with van der Waals surface area (Å²) in [5.41, 5.74) is 0.210. The second-order valence-corrected chi connectivity index (χ2v) is 4.53. The molecular weight excluding hydrogens is 190 g/mol. The lowest BCUT2D eigenvalue weighted by Gasteiger charge is -2.39. The minimum absolute atomic E-state index is 0.0926. The number of hydrogen-bond donors (Lipinski definition) is 2. The van der Waals surface area contributed by atoms with Crippen LogP contribution in [-0.2, 0) is 0 Å². The Balaban J connectivity index is 2.33. The summed E-state index contributed by atoms with van der Waals surface area (Å²) in [6, 6.07) is 0.0926. The molecule has 2 amide bonds. The van der Waals surface area contributed by atoms with Gasteiger partial charge in [0.2, 0.25) is 0 Å². The molecule has 0 aromatic carbocycles. The fraction of sp³-hybridized carbons (Fsp3) is 0.909. The zero-order chi connectivity index (χ0) is 11.3. The van der Waals surface area contributed by atoms with Crippen molar-refractivity contribution in [1.82, 2.24) is 15.5 Å². The van der Waals surface area contributed by atoms with Crippen LogP contribution >= 0.6 is 0 Å². The van der Waals surface area contributed by atoms with Gasteiger partial charge in [-0.2, -0.15) is 0 Å². The minimum atomic E-state index is 0.0926. The van der Waals surface area contributed by atoms with Gasteiger partial charge in [0.25, 0.3) is 0 Å². The van der Waals surface area contributed by atoms with Crippen molar-refractivity contribution in [3.05, 3.63) is 0 Å². The largest absolute Gasteiger partial charge is 0.338 e. The SMILES string of the molecule is CCCNC(=O)N1CCC(C)(NC)CC1. The lowest BCUT2D eigenvalue weighted by molar-refractivity contribution is 0.153. The van der Waals surface area contributed by atoms with E-state index in [2.05, 4.69) is 24.5 Å². The monoisotopic (exact) mass is 213 g/mol. The van der Waals surface area contributed by atoms with Crippen molar-refractivity contribution >= 4 is 6.03 Å². The Morgan fingerprint density at radius 1 is 1.40 bits per heavy atom. The summed E-state index contributed by atoms with van der Waals surface area (Å²) in [5, 5.41) is 6.24. The van der Waals surface area contributed by atoms with Gasteiger partial charge < -0.3 is 15.5 Å². The Morgan fingerprint density at radius 2 is 2.00 bits per heavy atom. The van der Waals surface area contributed by atoms with E-state index in [1.807, 2.05) is 11.9 Å². The highest BCUT2D eigenvalue weighted by atomic mass is 16.2. The highest BCUT2D eigenvalue weighted by Crippen LogP contribution is 2.20. The van der Waals surface area contributed by atoms with Gasteiger partial charge >= 0.3 is 6.03 Å². The highest BCUT2D eigenvalue weighted by molar-refractivity contribution is 5.74. The van der Waals surface area contributed by atoms with Gasteiger partial charge in [-0.05, 0) is 33.2 Å². The third kappa shape index (κ3) is 3.38. The molecule has 1 fully saturated rings.